The molecule has 0 aliphatic rings. The van der Waals surface area contributed by atoms with Crippen molar-refractivity contribution in [3.63, 3.8) is 0 Å². The molecule has 0 spiro atoms. The Labute approximate surface area is 124 Å². The number of carbonyl (C=O) groups is 1. The van der Waals surface area contributed by atoms with Crippen LogP contribution in [0.3, 0.4) is 0 Å². The lowest BCUT2D eigenvalue weighted by molar-refractivity contribution is 0.0992. The van der Waals surface area contributed by atoms with E-state index in [0.29, 0.717) is 28.9 Å². The Morgan fingerprint density at radius 3 is 2.47 bits per heavy atom. The third-order valence-corrected chi connectivity index (χ3v) is 5.38. The second kappa shape index (κ2) is 7.20. The molecule has 0 saturated heterocycles. The van der Waals surface area contributed by atoms with Crippen LogP contribution >= 0.6 is 23.1 Å². The lowest BCUT2D eigenvalue weighted by atomic mass is 10.0. The molecule has 0 aliphatic carbocycles. The molecule has 0 fully saturated rings. The highest BCUT2D eigenvalue weighted by molar-refractivity contribution is 7.99. The van der Waals surface area contributed by atoms with Gasteiger partial charge in [0.15, 0.2) is 5.78 Å². The zero-order chi connectivity index (χ0) is 14.6. The van der Waals surface area contributed by atoms with Crippen LogP contribution in [0.5, 0.6) is 0 Å². The first-order valence-electron chi connectivity index (χ1n) is 6.72. The molecule has 0 saturated carbocycles. The minimum Gasteiger partial charge on any atom is -0.396 e. The number of nitrogens with one attached hydrogen (secondary N) is 1. The predicted octanol–water partition coefficient (Wildman–Crippen LogP) is 4.49. The Kier molecular flexibility index (Phi) is 6.20. The molecule has 0 aliphatic heterocycles. The standard InChI is InChI=1S/C14H24N2OS2/c1-6-9(8(3)4)16-14-13(18-5)11(15)12(19-14)10(17)7-2/h8-9,16H,6-7,15H2,1-5H3. The van der Waals surface area contributed by atoms with Crippen LogP contribution < -0.4 is 11.1 Å². The van der Waals surface area contributed by atoms with Crippen molar-refractivity contribution in [2.45, 2.75) is 51.5 Å². The number of hydrogen-bond donors (Lipinski definition) is 2. The molecule has 0 amide bonds. The van der Waals surface area contributed by atoms with E-state index in [0.717, 1.165) is 16.3 Å². The van der Waals surface area contributed by atoms with Crippen LogP contribution in [-0.2, 0) is 0 Å². The number of nitrogens with two attached hydrogens (primary N) is 1. The van der Waals surface area contributed by atoms with Gasteiger partial charge in [-0.2, -0.15) is 0 Å². The molecule has 3 N–H and O–H groups in total. The molecule has 0 bridgehead atoms. The molecule has 1 unspecified atom stereocenters. The minimum absolute atomic E-state index is 0.128. The van der Waals surface area contributed by atoms with Gasteiger partial charge in [0.1, 0.15) is 5.00 Å². The molecular formula is C14H24N2OS2. The minimum atomic E-state index is 0.128. The van der Waals surface area contributed by atoms with Crippen LogP contribution in [-0.4, -0.2) is 18.1 Å². The Morgan fingerprint density at radius 1 is 1.42 bits per heavy atom. The summed E-state index contributed by atoms with van der Waals surface area (Å²) in [6.07, 6.45) is 3.56. The largest absolute Gasteiger partial charge is 0.396 e. The number of rotatable bonds is 7. The number of carbonyl (C=O) groups excluding carboxylic acids is 1. The van der Waals surface area contributed by atoms with Crippen molar-refractivity contribution in [1.82, 2.24) is 0 Å². The van der Waals surface area contributed by atoms with Crippen molar-refractivity contribution < 1.29 is 4.79 Å². The van der Waals surface area contributed by atoms with E-state index in [4.69, 9.17) is 5.73 Å². The van der Waals surface area contributed by atoms with E-state index in [-0.39, 0.29) is 5.78 Å². The number of hydrogen-bond acceptors (Lipinski definition) is 5. The first-order valence-corrected chi connectivity index (χ1v) is 8.76. The van der Waals surface area contributed by atoms with Crippen molar-refractivity contribution in [3.05, 3.63) is 4.88 Å². The number of Topliss-reactive ketones (excluding diaryl/α,β-unsaturated/α-hetero) is 1. The molecule has 0 aromatic carbocycles. The number of thioether (sulfide) groups is 1. The van der Waals surface area contributed by atoms with Crippen LogP contribution in [0.4, 0.5) is 10.7 Å². The summed E-state index contributed by atoms with van der Waals surface area (Å²) < 4.78 is 0. The highest BCUT2D eigenvalue weighted by atomic mass is 32.2. The molecule has 0 radical (unpaired) electrons. The van der Waals surface area contributed by atoms with Crippen LogP contribution in [0.15, 0.2) is 4.90 Å². The van der Waals surface area contributed by atoms with Crippen LogP contribution in [0.25, 0.3) is 0 Å². The van der Waals surface area contributed by atoms with Gasteiger partial charge in [-0.3, -0.25) is 4.79 Å². The zero-order valence-corrected chi connectivity index (χ0v) is 14.0. The van der Waals surface area contributed by atoms with Gasteiger partial charge in [0.2, 0.25) is 0 Å². The van der Waals surface area contributed by atoms with E-state index in [1.807, 2.05) is 13.2 Å². The molecule has 5 heteroatoms. The maximum Gasteiger partial charge on any atom is 0.174 e. The maximum absolute atomic E-state index is 11.9. The van der Waals surface area contributed by atoms with Gasteiger partial charge in [0, 0.05) is 12.5 Å². The van der Waals surface area contributed by atoms with Crippen LogP contribution in [0.2, 0.25) is 0 Å². The highest BCUT2D eigenvalue weighted by Gasteiger charge is 2.21. The SMILES string of the molecule is CCC(=O)c1sc(NC(CC)C(C)C)c(SC)c1N. The maximum atomic E-state index is 11.9. The lowest BCUT2D eigenvalue weighted by Gasteiger charge is -2.21. The summed E-state index contributed by atoms with van der Waals surface area (Å²) in [7, 11) is 0. The van der Waals surface area contributed by atoms with Gasteiger partial charge in [-0.05, 0) is 18.6 Å². The van der Waals surface area contributed by atoms with Gasteiger partial charge >= 0.3 is 0 Å². The lowest BCUT2D eigenvalue weighted by Crippen LogP contribution is -2.24. The fourth-order valence-electron chi connectivity index (χ4n) is 2.00. The Morgan fingerprint density at radius 2 is 2.05 bits per heavy atom. The number of ketones is 1. The summed E-state index contributed by atoms with van der Waals surface area (Å²) >= 11 is 3.10. The predicted molar refractivity (Wildman–Crippen MR) is 87.7 cm³/mol. The summed E-state index contributed by atoms with van der Waals surface area (Å²) in [6.45, 7) is 8.45. The molecule has 19 heavy (non-hydrogen) atoms. The first kappa shape index (κ1) is 16.4. The third kappa shape index (κ3) is 3.66. The second-order valence-corrected chi connectivity index (χ2v) is 6.72. The van der Waals surface area contributed by atoms with E-state index < -0.39 is 0 Å². The quantitative estimate of drug-likeness (QED) is 0.575. The molecule has 1 aromatic heterocycles. The highest BCUT2D eigenvalue weighted by Crippen LogP contribution is 2.42. The topological polar surface area (TPSA) is 55.1 Å². The summed E-state index contributed by atoms with van der Waals surface area (Å²) in [6, 6.07) is 0.411. The molecule has 3 nitrogen and oxygen atoms in total. The molecular weight excluding hydrogens is 276 g/mol. The van der Waals surface area contributed by atoms with Gasteiger partial charge in [0.25, 0.3) is 0 Å². The normalized spacial score (nSPS) is 12.7. The Hall–Kier alpha value is -0.680. The van der Waals surface area contributed by atoms with Gasteiger partial charge in [-0.15, -0.1) is 23.1 Å². The average molecular weight is 300 g/mol. The first-order chi connectivity index (χ1) is 8.96. The molecule has 108 valence electrons. The van der Waals surface area contributed by atoms with E-state index >= 15 is 0 Å². The molecule has 1 aromatic rings. The van der Waals surface area contributed by atoms with Gasteiger partial charge in [-0.1, -0.05) is 27.7 Å². The van der Waals surface area contributed by atoms with Crippen molar-refractivity contribution in [3.8, 4) is 0 Å². The van der Waals surface area contributed by atoms with Gasteiger partial charge in [0.05, 0.1) is 15.5 Å². The van der Waals surface area contributed by atoms with Crippen molar-refractivity contribution >= 4 is 39.6 Å². The van der Waals surface area contributed by atoms with Crippen molar-refractivity contribution in [2.24, 2.45) is 5.92 Å². The molecule has 1 heterocycles. The van der Waals surface area contributed by atoms with Crippen molar-refractivity contribution in [2.75, 3.05) is 17.3 Å². The average Bonchev–Trinajstić information content (AvgIpc) is 2.70. The van der Waals surface area contributed by atoms with E-state index in [1.165, 1.54) is 11.3 Å². The van der Waals surface area contributed by atoms with Gasteiger partial charge < -0.3 is 11.1 Å². The fourth-order valence-corrected chi connectivity index (χ4v) is 4.10. The smallest absolute Gasteiger partial charge is 0.174 e. The number of thiophene rings is 1. The fraction of sp³-hybridized carbons (Fsp3) is 0.643. The van der Waals surface area contributed by atoms with Gasteiger partial charge in [-0.25, -0.2) is 0 Å². The van der Waals surface area contributed by atoms with E-state index in [1.54, 1.807) is 11.8 Å². The third-order valence-electron chi connectivity index (χ3n) is 3.24. The monoisotopic (exact) mass is 300 g/mol. The zero-order valence-electron chi connectivity index (χ0n) is 12.4. The number of nitrogen functional groups attached to an aromatic ring is 1. The Bertz CT molecular complexity index is 441. The summed E-state index contributed by atoms with van der Waals surface area (Å²) in [5.74, 6) is 0.678. The summed E-state index contributed by atoms with van der Waals surface area (Å²) in [5, 5.41) is 4.60. The van der Waals surface area contributed by atoms with Crippen LogP contribution in [0.1, 0.15) is 50.2 Å². The molecule has 1 atom stereocenters. The second-order valence-electron chi connectivity index (χ2n) is 4.89. The van der Waals surface area contributed by atoms with Crippen LogP contribution in [0, 0.1) is 5.92 Å². The van der Waals surface area contributed by atoms with Crippen molar-refractivity contribution in [1.29, 1.82) is 0 Å². The van der Waals surface area contributed by atoms with E-state index in [9.17, 15) is 4.79 Å². The summed E-state index contributed by atoms with van der Waals surface area (Å²) in [5.41, 5.74) is 6.76. The Balaban J connectivity index is 3.10. The summed E-state index contributed by atoms with van der Waals surface area (Å²) in [4.78, 5) is 13.6. The molecule has 1 rings (SSSR count). The number of anilines is 2. The van der Waals surface area contributed by atoms with E-state index in [2.05, 4.69) is 26.1 Å².